The largest absolute Gasteiger partial charge is 0.207 e. The van der Waals surface area contributed by atoms with Gasteiger partial charge in [0.2, 0.25) is 0 Å². The van der Waals surface area contributed by atoms with Crippen LogP contribution in [0.4, 0.5) is 4.39 Å². The number of hydrogen-bond donors (Lipinski definition) is 0. The van der Waals surface area contributed by atoms with Crippen LogP contribution in [0.1, 0.15) is 5.56 Å². The molecule has 0 aromatic heterocycles. The Kier molecular flexibility index (Phi) is 2.38. The van der Waals surface area contributed by atoms with Crippen molar-refractivity contribution in [1.82, 2.24) is 0 Å². The number of aryl methyl sites for hydroxylation is 1. The summed E-state index contributed by atoms with van der Waals surface area (Å²) >= 11 is 0. The third kappa shape index (κ3) is 1.94. The molecular weight excluding hydrogens is 167 g/mol. The van der Waals surface area contributed by atoms with Gasteiger partial charge in [0, 0.05) is 0 Å². The summed E-state index contributed by atoms with van der Waals surface area (Å²) in [4.78, 5) is 0. The van der Waals surface area contributed by atoms with E-state index in [-0.39, 0.29) is 5.82 Å². The van der Waals surface area contributed by atoms with Crippen LogP contribution in [0.5, 0.6) is 0 Å². The van der Waals surface area contributed by atoms with E-state index < -0.39 is 8.07 Å². The van der Waals surface area contributed by atoms with Crippen molar-refractivity contribution in [3.05, 3.63) is 29.6 Å². The van der Waals surface area contributed by atoms with Gasteiger partial charge < -0.3 is 0 Å². The molecular formula is C10H15FSi. The molecule has 0 aliphatic carbocycles. The molecule has 12 heavy (non-hydrogen) atoms. The van der Waals surface area contributed by atoms with Gasteiger partial charge in [-0.05, 0) is 18.6 Å². The van der Waals surface area contributed by atoms with Crippen LogP contribution in [0.2, 0.25) is 19.6 Å². The summed E-state index contributed by atoms with van der Waals surface area (Å²) in [6.07, 6.45) is 0. The van der Waals surface area contributed by atoms with Gasteiger partial charge in [0.25, 0.3) is 0 Å². The maximum atomic E-state index is 12.9. The second-order valence-electron chi connectivity index (χ2n) is 4.21. The molecule has 0 heterocycles. The molecule has 0 radical (unpaired) electrons. The number of benzene rings is 1. The summed E-state index contributed by atoms with van der Waals surface area (Å²) in [6.45, 7) is 8.61. The number of hydrogen-bond acceptors (Lipinski definition) is 0. The molecule has 0 atom stereocenters. The lowest BCUT2D eigenvalue weighted by Crippen LogP contribution is -2.37. The predicted molar refractivity (Wildman–Crippen MR) is 54.1 cm³/mol. The van der Waals surface area contributed by atoms with Gasteiger partial charge in [-0.2, -0.15) is 0 Å². The number of rotatable bonds is 1. The van der Waals surface area contributed by atoms with Gasteiger partial charge in [0.1, 0.15) is 5.82 Å². The molecule has 0 fully saturated rings. The maximum absolute atomic E-state index is 12.9. The lowest BCUT2D eigenvalue weighted by Gasteiger charge is -2.16. The summed E-state index contributed by atoms with van der Waals surface area (Å²) in [5, 5.41) is 1.32. The smallest absolute Gasteiger partial charge is 0.126 e. The minimum atomic E-state index is -1.25. The van der Waals surface area contributed by atoms with E-state index in [1.54, 1.807) is 6.07 Å². The fraction of sp³-hybridized carbons (Fsp3) is 0.400. The first kappa shape index (κ1) is 9.45. The molecule has 1 aromatic rings. The summed E-state index contributed by atoms with van der Waals surface area (Å²) in [5.74, 6) is -0.1000. The Hall–Kier alpha value is -0.633. The minimum Gasteiger partial charge on any atom is -0.207 e. The fourth-order valence-electron chi connectivity index (χ4n) is 1.11. The topological polar surface area (TPSA) is 0 Å². The zero-order valence-electron chi connectivity index (χ0n) is 8.11. The highest BCUT2D eigenvalue weighted by molar-refractivity contribution is 6.88. The first-order valence-electron chi connectivity index (χ1n) is 4.18. The van der Waals surface area contributed by atoms with Crippen molar-refractivity contribution >= 4 is 13.3 Å². The highest BCUT2D eigenvalue weighted by atomic mass is 28.3. The average Bonchev–Trinajstić information content (AvgIpc) is 1.92. The molecule has 0 aliphatic heterocycles. The Labute approximate surface area is 74.4 Å². The first-order chi connectivity index (χ1) is 5.41. The van der Waals surface area contributed by atoms with Crippen molar-refractivity contribution < 1.29 is 4.39 Å². The molecule has 0 bridgehead atoms. The predicted octanol–water partition coefficient (Wildman–Crippen LogP) is 2.68. The highest BCUT2D eigenvalue weighted by Crippen LogP contribution is 2.07. The van der Waals surface area contributed by atoms with Crippen molar-refractivity contribution in [2.45, 2.75) is 26.6 Å². The van der Waals surface area contributed by atoms with Crippen LogP contribution < -0.4 is 5.19 Å². The molecule has 0 nitrogen and oxygen atoms in total. The molecule has 2 heteroatoms. The van der Waals surface area contributed by atoms with Gasteiger partial charge in [-0.15, -0.1) is 0 Å². The summed E-state index contributed by atoms with van der Waals surface area (Å²) < 4.78 is 12.9. The zero-order chi connectivity index (χ0) is 9.35. The molecule has 0 saturated carbocycles. The quantitative estimate of drug-likeness (QED) is 0.586. The van der Waals surface area contributed by atoms with Crippen molar-refractivity contribution in [3.8, 4) is 0 Å². The lowest BCUT2D eigenvalue weighted by molar-refractivity contribution is 0.619. The third-order valence-corrected chi connectivity index (χ3v) is 4.07. The maximum Gasteiger partial charge on any atom is 0.126 e. The lowest BCUT2D eigenvalue weighted by atomic mass is 10.2. The van der Waals surface area contributed by atoms with Crippen LogP contribution >= 0.6 is 0 Å². The van der Waals surface area contributed by atoms with E-state index >= 15 is 0 Å². The zero-order valence-corrected chi connectivity index (χ0v) is 9.11. The van der Waals surface area contributed by atoms with Crippen LogP contribution in [0.15, 0.2) is 18.2 Å². The Morgan fingerprint density at radius 3 is 2.17 bits per heavy atom. The van der Waals surface area contributed by atoms with E-state index in [4.69, 9.17) is 0 Å². The number of halogens is 1. The standard InChI is InChI=1S/C10H15FSi/c1-8-7-9(12(2,3)4)5-6-10(8)11/h5-7H,1-4H3. The van der Waals surface area contributed by atoms with Crippen molar-refractivity contribution in [2.24, 2.45) is 0 Å². The van der Waals surface area contributed by atoms with Crippen LogP contribution in [0, 0.1) is 12.7 Å². The first-order valence-corrected chi connectivity index (χ1v) is 7.68. The molecule has 0 aliphatic rings. The Morgan fingerprint density at radius 1 is 1.17 bits per heavy atom. The van der Waals surface area contributed by atoms with E-state index in [1.807, 2.05) is 19.1 Å². The molecule has 0 spiro atoms. The van der Waals surface area contributed by atoms with Gasteiger partial charge in [-0.3, -0.25) is 0 Å². The molecule has 66 valence electrons. The van der Waals surface area contributed by atoms with Gasteiger partial charge >= 0.3 is 0 Å². The minimum absolute atomic E-state index is 0.1000. The molecule has 0 N–H and O–H groups in total. The Bertz CT molecular complexity index is 286. The van der Waals surface area contributed by atoms with E-state index in [0.29, 0.717) is 0 Å². The summed E-state index contributed by atoms with van der Waals surface area (Å²) in [5.41, 5.74) is 0.759. The van der Waals surface area contributed by atoms with Crippen LogP contribution in [0.25, 0.3) is 0 Å². The summed E-state index contributed by atoms with van der Waals surface area (Å²) in [7, 11) is -1.25. The van der Waals surface area contributed by atoms with E-state index in [0.717, 1.165) is 5.56 Å². The van der Waals surface area contributed by atoms with Gasteiger partial charge in [-0.25, -0.2) is 4.39 Å². The second kappa shape index (κ2) is 3.02. The monoisotopic (exact) mass is 182 g/mol. The van der Waals surface area contributed by atoms with Gasteiger partial charge in [0.15, 0.2) is 0 Å². The SMILES string of the molecule is Cc1cc([Si](C)(C)C)ccc1F. The Balaban J connectivity index is 3.14. The molecule has 0 saturated heterocycles. The Morgan fingerprint density at radius 2 is 1.75 bits per heavy atom. The second-order valence-corrected chi connectivity index (χ2v) is 9.29. The normalized spacial score (nSPS) is 11.8. The highest BCUT2D eigenvalue weighted by Gasteiger charge is 2.16. The van der Waals surface area contributed by atoms with Crippen LogP contribution in [-0.2, 0) is 0 Å². The van der Waals surface area contributed by atoms with Gasteiger partial charge in [0.05, 0.1) is 8.07 Å². The summed E-state index contributed by atoms with van der Waals surface area (Å²) in [6, 6.07) is 5.46. The van der Waals surface area contributed by atoms with Crippen molar-refractivity contribution in [2.75, 3.05) is 0 Å². The van der Waals surface area contributed by atoms with E-state index in [1.165, 1.54) is 5.19 Å². The third-order valence-electron chi connectivity index (χ3n) is 2.02. The fourth-order valence-corrected chi connectivity index (χ4v) is 2.34. The van der Waals surface area contributed by atoms with Crippen LogP contribution in [0.3, 0.4) is 0 Å². The van der Waals surface area contributed by atoms with Crippen LogP contribution in [-0.4, -0.2) is 8.07 Å². The van der Waals surface area contributed by atoms with E-state index in [2.05, 4.69) is 19.6 Å². The average molecular weight is 182 g/mol. The van der Waals surface area contributed by atoms with E-state index in [9.17, 15) is 4.39 Å². The molecule has 1 aromatic carbocycles. The van der Waals surface area contributed by atoms with Gasteiger partial charge in [-0.1, -0.05) is 37.0 Å². The molecule has 0 unspecified atom stereocenters. The molecule has 1 rings (SSSR count). The van der Waals surface area contributed by atoms with Crippen molar-refractivity contribution in [3.63, 3.8) is 0 Å². The molecule has 0 amide bonds. The van der Waals surface area contributed by atoms with Crippen molar-refractivity contribution in [1.29, 1.82) is 0 Å².